The summed E-state index contributed by atoms with van der Waals surface area (Å²) in [5, 5.41) is 3.86. The summed E-state index contributed by atoms with van der Waals surface area (Å²) in [5.41, 5.74) is 0.790. The lowest BCUT2D eigenvalue weighted by Gasteiger charge is -2.27. The zero-order chi connectivity index (χ0) is 15.9. The topological polar surface area (TPSA) is 72.6 Å². The van der Waals surface area contributed by atoms with E-state index < -0.39 is 10.0 Å². The van der Waals surface area contributed by atoms with Crippen LogP contribution in [0.15, 0.2) is 10.6 Å². The second-order valence-corrected chi connectivity index (χ2v) is 9.07. The van der Waals surface area contributed by atoms with E-state index in [1.165, 1.54) is 0 Å². The fraction of sp³-hybridized carbons (Fsp3) is 0.812. The van der Waals surface area contributed by atoms with E-state index in [2.05, 4.69) is 5.16 Å². The maximum atomic E-state index is 13.1. The van der Waals surface area contributed by atoms with E-state index >= 15 is 0 Å². The van der Waals surface area contributed by atoms with Crippen molar-refractivity contribution in [3.05, 3.63) is 17.5 Å². The molecule has 0 radical (unpaired) electrons. The molecule has 0 amide bonds. The number of ether oxygens (including phenoxy) is 1. The van der Waals surface area contributed by atoms with Crippen molar-refractivity contribution in [1.29, 1.82) is 0 Å². The minimum absolute atomic E-state index is 0.152. The summed E-state index contributed by atoms with van der Waals surface area (Å²) in [7, 11) is -3.31. The van der Waals surface area contributed by atoms with E-state index in [1.54, 1.807) is 4.31 Å². The second kappa shape index (κ2) is 6.18. The lowest BCUT2D eigenvalue weighted by molar-refractivity contribution is 0.144. The van der Waals surface area contributed by atoms with Gasteiger partial charge >= 0.3 is 0 Å². The van der Waals surface area contributed by atoms with Crippen molar-refractivity contribution < 1.29 is 17.7 Å². The Morgan fingerprint density at radius 3 is 2.78 bits per heavy atom. The first-order valence-corrected chi connectivity index (χ1v) is 10.2. The lowest BCUT2D eigenvalue weighted by Crippen LogP contribution is -2.38. The van der Waals surface area contributed by atoms with Crippen molar-refractivity contribution in [2.24, 2.45) is 0 Å². The van der Waals surface area contributed by atoms with Gasteiger partial charge in [-0.25, -0.2) is 8.42 Å². The molecule has 128 valence electrons. The largest absolute Gasteiger partial charge is 0.381 e. The van der Waals surface area contributed by atoms with Gasteiger partial charge in [-0.1, -0.05) is 5.16 Å². The van der Waals surface area contributed by atoms with Gasteiger partial charge in [0, 0.05) is 31.7 Å². The van der Waals surface area contributed by atoms with Gasteiger partial charge in [-0.3, -0.25) is 0 Å². The number of hydrogen-bond donors (Lipinski definition) is 0. The molecule has 0 bridgehead atoms. The van der Waals surface area contributed by atoms with Crippen molar-refractivity contribution in [2.75, 3.05) is 19.8 Å². The summed E-state index contributed by atoms with van der Waals surface area (Å²) in [6.45, 7) is 1.80. The Kier molecular flexibility index (Phi) is 4.19. The van der Waals surface area contributed by atoms with Crippen LogP contribution in [0.4, 0.5) is 0 Å². The number of aromatic nitrogens is 1. The van der Waals surface area contributed by atoms with Crippen LogP contribution < -0.4 is 0 Å². The summed E-state index contributed by atoms with van der Waals surface area (Å²) in [5.74, 6) is 1.42. The zero-order valence-corrected chi connectivity index (χ0v) is 14.1. The Morgan fingerprint density at radius 2 is 1.96 bits per heavy atom. The average molecular weight is 340 g/mol. The zero-order valence-electron chi connectivity index (χ0n) is 13.3. The minimum atomic E-state index is -3.31. The van der Waals surface area contributed by atoms with Crippen molar-refractivity contribution in [3.63, 3.8) is 0 Å². The van der Waals surface area contributed by atoms with Crippen LogP contribution in [-0.4, -0.2) is 42.9 Å². The van der Waals surface area contributed by atoms with Gasteiger partial charge < -0.3 is 9.26 Å². The standard InChI is InChI=1S/C16H24N2O4S/c19-23(20,13-3-2-9-21-10-7-13)18-8-1-4-15(18)14-11-16(22-17-14)12-5-6-12/h11-13,15H,1-10H2. The van der Waals surface area contributed by atoms with E-state index in [1.807, 2.05) is 6.07 Å². The third-order valence-electron chi connectivity index (χ3n) is 5.22. The molecule has 6 nitrogen and oxygen atoms in total. The summed E-state index contributed by atoms with van der Waals surface area (Å²) < 4.78 is 38.7. The van der Waals surface area contributed by atoms with E-state index in [0.717, 1.165) is 43.6 Å². The molecule has 2 atom stereocenters. The maximum Gasteiger partial charge on any atom is 0.217 e. The Bertz CT molecular complexity index is 645. The van der Waals surface area contributed by atoms with Crippen molar-refractivity contribution >= 4 is 10.0 Å². The second-order valence-electron chi connectivity index (χ2n) is 6.91. The molecule has 0 N–H and O–H groups in total. The predicted octanol–water partition coefficient (Wildman–Crippen LogP) is 2.59. The summed E-state index contributed by atoms with van der Waals surface area (Å²) in [6.07, 6.45) is 6.14. The van der Waals surface area contributed by atoms with Gasteiger partial charge in [-0.05, 0) is 44.9 Å². The first-order valence-electron chi connectivity index (χ1n) is 8.71. The van der Waals surface area contributed by atoms with E-state index in [9.17, 15) is 8.42 Å². The Balaban J connectivity index is 1.55. The molecule has 23 heavy (non-hydrogen) atoms. The third kappa shape index (κ3) is 3.06. The first-order chi connectivity index (χ1) is 11.2. The number of hydrogen-bond acceptors (Lipinski definition) is 5. The minimum Gasteiger partial charge on any atom is -0.381 e. The van der Waals surface area contributed by atoms with Gasteiger partial charge in [0.25, 0.3) is 0 Å². The molecular formula is C16H24N2O4S. The molecule has 4 rings (SSSR count). The van der Waals surface area contributed by atoms with Crippen molar-refractivity contribution in [1.82, 2.24) is 9.46 Å². The molecule has 0 aromatic carbocycles. The number of rotatable bonds is 4. The van der Waals surface area contributed by atoms with E-state index in [-0.39, 0.29) is 11.3 Å². The van der Waals surface area contributed by atoms with Gasteiger partial charge in [0.2, 0.25) is 10.0 Å². The Morgan fingerprint density at radius 1 is 1.09 bits per heavy atom. The van der Waals surface area contributed by atoms with Crippen LogP contribution in [0, 0.1) is 0 Å². The molecular weight excluding hydrogens is 316 g/mol. The molecule has 2 aliphatic heterocycles. The quantitative estimate of drug-likeness (QED) is 0.842. The van der Waals surface area contributed by atoms with Crippen LogP contribution >= 0.6 is 0 Å². The molecule has 7 heteroatoms. The van der Waals surface area contributed by atoms with E-state index in [4.69, 9.17) is 9.26 Å². The summed E-state index contributed by atoms with van der Waals surface area (Å²) >= 11 is 0. The van der Waals surface area contributed by atoms with Gasteiger partial charge in [0.1, 0.15) is 11.5 Å². The van der Waals surface area contributed by atoms with Crippen LogP contribution in [0.5, 0.6) is 0 Å². The summed E-state index contributed by atoms with van der Waals surface area (Å²) in [6, 6.07) is 1.83. The molecule has 2 unspecified atom stereocenters. The molecule has 0 spiro atoms. The maximum absolute atomic E-state index is 13.1. The molecule has 2 saturated heterocycles. The van der Waals surface area contributed by atoms with Gasteiger partial charge in [-0.2, -0.15) is 4.31 Å². The number of sulfonamides is 1. The van der Waals surface area contributed by atoms with Gasteiger partial charge in [0.05, 0.1) is 11.3 Å². The molecule has 1 aromatic rings. The molecule has 3 heterocycles. The smallest absolute Gasteiger partial charge is 0.217 e. The predicted molar refractivity (Wildman–Crippen MR) is 84.5 cm³/mol. The van der Waals surface area contributed by atoms with Gasteiger partial charge in [0.15, 0.2) is 0 Å². The molecule has 1 saturated carbocycles. The van der Waals surface area contributed by atoms with Crippen molar-refractivity contribution in [3.8, 4) is 0 Å². The summed E-state index contributed by atoms with van der Waals surface area (Å²) in [4.78, 5) is 0. The average Bonchev–Trinajstić information content (AvgIpc) is 3.16. The fourth-order valence-corrected chi connectivity index (χ4v) is 5.92. The van der Waals surface area contributed by atoms with Crippen LogP contribution in [0.1, 0.15) is 68.4 Å². The molecule has 3 fully saturated rings. The van der Waals surface area contributed by atoms with Crippen LogP contribution in [0.25, 0.3) is 0 Å². The highest BCUT2D eigenvalue weighted by molar-refractivity contribution is 7.89. The third-order valence-corrected chi connectivity index (χ3v) is 7.62. The van der Waals surface area contributed by atoms with Crippen LogP contribution in [-0.2, 0) is 14.8 Å². The fourth-order valence-electron chi connectivity index (χ4n) is 3.73. The van der Waals surface area contributed by atoms with Crippen LogP contribution in [0.3, 0.4) is 0 Å². The highest BCUT2D eigenvalue weighted by Crippen LogP contribution is 2.42. The first kappa shape index (κ1) is 15.6. The Labute approximate surface area is 137 Å². The number of nitrogens with zero attached hydrogens (tertiary/aromatic N) is 2. The van der Waals surface area contributed by atoms with Gasteiger partial charge in [-0.15, -0.1) is 0 Å². The lowest BCUT2D eigenvalue weighted by atomic mass is 10.1. The molecule has 1 aromatic heterocycles. The Hall–Kier alpha value is -0.920. The van der Waals surface area contributed by atoms with E-state index in [0.29, 0.717) is 38.5 Å². The molecule has 1 aliphatic carbocycles. The molecule has 3 aliphatic rings. The van der Waals surface area contributed by atoms with Crippen LogP contribution in [0.2, 0.25) is 0 Å². The monoisotopic (exact) mass is 340 g/mol. The SMILES string of the molecule is O=S(=O)(C1CCCOCC1)N1CCCC1c1cc(C2CC2)on1. The highest BCUT2D eigenvalue weighted by Gasteiger charge is 2.41. The highest BCUT2D eigenvalue weighted by atomic mass is 32.2. The normalized spacial score (nSPS) is 30.4. The van der Waals surface area contributed by atoms with Crippen molar-refractivity contribution in [2.45, 2.75) is 62.2 Å².